The Kier molecular flexibility index (Phi) is 3.71. The van der Waals surface area contributed by atoms with Crippen molar-refractivity contribution in [1.29, 1.82) is 0 Å². The third kappa shape index (κ3) is 2.32. The molecule has 17 heavy (non-hydrogen) atoms. The second-order valence-corrected chi connectivity index (χ2v) is 5.28. The molecule has 0 bridgehead atoms. The van der Waals surface area contributed by atoms with Gasteiger partial charge in [0.2, 0.25) is 0 Å². The van der Waals surface area contributed by atoms with Gasteiger partial charge in [0.1, 0.15) is 5.82 Å². The summed E-state index contributed by atoms with van der Waals surface area (Å²) in [7, 11) is 0. The van der Waals surface area contributed by atoms with Crippen LogP contribution in [0.2, 0.25) is 5.02 Å². The molecule has 1 aliphatic rings. The summed E-state index contributed by atoms with van der Waals surface area (Å²) in [5.74, 6) is -0.415. The standard InChI is InChI=1S/C13H17ClFNO/c14-9-3-4-11(15)10(7-9)12(17)13(8-16)5-1-2-6-13/h3-4,7,12,17H,1-2,5-6,8,16H2. The smallest absolute Gasteiger partial charge is 0.129 e. The summed E-state index contributed by atoms with van der Waals surface area (Å²) in [6.07, 6.45) is 2.90. The highest BCUT2D eigenvalue weighted by atomic mass is 35.5. The van der Waals surface area contributed by atoms with E-state index in [2.05, 4.69) is 0 Å². The summed E-state index contributed by atoms with van der Waals surface area (Å²) in [6, 6.07) is 4.27. The van der Waals surface area contributed by atoms with Crippen LogP contribution in [-0.2, 0) is 0 Å². The highest BCUT2D eigenvalue weighted by Gasteiger charge is 2.41. The van der Waals surface area contributed by atoms with Crippen LogP contribution in [0.15, 0.2) is 18.2 Å². The Balaban J connectivity index is 2.35. The molecule has 1 atom stereocenters. The minimum atomic E-state index is -0.867. The van der Waals surface area contributed by atoms with Crippen molar-refractivity contribution in [2.75, 3.05) is 6.54 Å². The normalized spacial score (nSPS) is 20.5. The van der Waals surface area contributed by atoms with Crippen LogP contribution in [0, 0.1) is 11.2 Å². The maximum Gasteiger partial charge on any atom is 0.129 e. The van der Waals surface area contributed by atoms with Crippen molar-refractivity contribution in [3.63, 3.8) is 0 Å². The largest absolute Gasteiger partial charge is 0.388 e. The first kappa shape index (κ1) is 12.8. The number of aliphatic hydroxyl groups is 1. The molecule has 0 saturated heterocycles. The van der Waals surface area contributed by atoms with Crippen LogP contribution < -0.4 is 5.73 Å². The molecule has 1 aliphatic carbocycles. The second-order valence-electron chi connectivity index (χ2n) is 4.84. The Labute approximate surface area is 106 Å². The van der Waals surface area contributed by atoms with Crippen molar-refractivity contribution >= 4 is 11.6 Å². The van der Waals surface area contributed by atoms with Gasteiger partial charge in [0.25, 0.3) is 0 Å². The Hall–Kier alpha value is -0.640. The maximum atomic E-state index is 13.7. The number of aliphatic hydroxyl groups excluding tert-OH is 1. The summed E-state index contributed by atoms with van der Waals surface area (Å²) in [5, 5.41) is 10.8. The van der Waals surface area contributed by atoms with Crippen LogP contribution in [0.1, 0.15) is 37.4 Å². The van der Waals surface area contributed by atoms with E-state index in [0.29, 0.717) is 11.6 Å². The van der Waals surface area contributed by atoms with Crippen LogP contribution in [0.5, 0.6) is 0 Å². The van der Waals surface area contributed by atoms with E-state index in [-0.39, 0.29) is 11.0 Å². The van der Waals surface area contributed by atoms with Gasteiger partial charge in [0.15, 0.2) is 0 Å². The lowest BCUT2D eigenvalue weighted by Crippen LogP contribution is -2.34. The number of hydrogen-bond acceptors (Lipinski definition) is 2. The quantitative estimate of drug-likeness (QED) is 0.874. The highest BCUT2D eigenvalue weighted by molar-refractivity contribution is 6.30. The summed E-state index contributed by atoms with van der Waals surface area (Å²) in [5.41, 5.74) is 5.66. The monoisotopic (exact) mass is 257 g/mol. The fourth-order valence-corrected chi connectivity index (χ4v) is 2.90. The van der Waals surface area contributed by atoms with Crippen molar-refractivity contribution in [2.45, 2.75) is 31.8 Å². The first-order chi connectivity index (χ1) is 8.09. The van der Waals surface area contributed by atoms with Gasteiger partial charge in [-0.2, -0.15) is 0 Å². The third-order valence-electron chi connectivity index (χ3n) is 3.84. The molecule has 1 fully saturated rings. The van der Waals surface area contributed by atoms with E-state index in [4.69, 9.17) is 17.3 Å². The fraction of sp³-hybridized carbons (Fsp3) is 0.538. The number of benzene rings is 1. The average Bonchev–Trinajstić information content (AvgIpc) is 2.81. The van der Waals surface area contributed by atoms with Crippen molar-refractivity contribution < 1.29 is 9.50 Å². The first-order valence-corrected chi connectivity index (χ1v) is 6.30. The molecule has 94 valence electrons. The Morgan fingerprint density at radius 1 is 1.41 bits per heavy atom. The minimum Gasteiger partial charge on any atom is -0.388 e. The molecule has 1 unspecified atom stereocenters. The zero-order valence-corrected chi connectivity index (χ0v) is 10.4. The molecule has 0 aliphatic heterocycles. The van der Waals surface area contributed by atoms with Gasteiger partial charge < -0.3 is 10.8 Å². The first-order valence-electron chi connectivity index (χ1n) is 5.92. The van der Waals surface area contributed by atoms with Gasteiger partial charge in [-0.25, -0.2) is 4.39 Å². The van der Waals surface area contributed by atoms with Gasteiger partial charge in [-0.15, -0.1) is 0 Å². The maximum absolute atomic E-state index is 13.7. The van der Waals surface area contributed by atoms with E-state index in [9.17, 15) is 9.50 Å². The van der Waals surface area contributed by atoms with E-state index in [1.54, 1.807) is 0 Å². The van der Waals surface area contributed by atoms with E-state index >= 15 is 0 Å². The van der Waals surface area contributed by atoms with E-state index in [1.807, 2.05) is 0 Å². The zero-order valence-electron chi connectivity index (χ0n) is 9.63. The molecule has 0 amide bonds. The minimum absolute atomic E-state index is 0.268. The summed E-state index contributed by atoms with van der Waals surface area (Å²) in [6.45, 7) is 0.375. The Bertz CT molecular complexity index is 404. The van der Waals surface area contributed by atoms with Gasteiger partial charge in [0.05, 0.1) is 6.10 Å². The molecule has 0 radical (unpaired) electrons. The molecule has 1 aromatic carbocycles. The molecular formula is C13H17ClFNO. The molecule has 0 spiro atoms. The van der Waals surface area contributed by atoms with Gasteiger partial charge in [-0.3, -0.25) is 0 Å². The summed E-state index contributed by atoms with van der Waals surface area (Å²) >= 11 is 5.85. The summed E-state index contributed by atoms with van der Waals surface area (Å²) < 4.78 is 13.7. The Morgan fingerprint density at radius 3 is 2.65 bits per heavy atom. The predicted octanol–water partition coefficient (Wildman–Crippen LogP) is 3.03. The molecule has 0 heterocycles. The van der Waals surface area contributed by atoms with Crippen LogP contribution >= 0.6 is 11.6 Å². The van der Waals surface area contributed by atoms with Crippen LogP contribution in [0.25, 0.3) is 0 Å². The lowest BCUT2D eigenvalue weighted by atomic mass is 9.77. The van der Waals surface area contributed by atoms with E-state index < -0.39 is 11.9 Å². The number of halogens is 2. The molecule has 3 N–H and O–H groups in total. The SMILES string of the molecule is NCC1(C(O)c2cc(Cl)ccc2F)CCCC1. The second kappa shape index (κ2) is 4.92. The van der Waals surface area contributed by atoms with Crippen molar-refractivity contribution in [3.8, 4) is 0 Å². The third-order valence-corrected chi connectivity index (χ3v) is 4.07. The van der Waals surface area contributed by atoms with Gasteiger partial charge >= 0.3 is 0 Å². The van der Waals surface area contributed by atoms with E-state index in [0.717, 1.165) is 25.7 Å². The molecule has 0 aromatic heterocycles. The summed E-state index contributed by atoms with van der Waals surface area (Å²) in [4.78, 5) is 0. The molecule has 1 aromatic rings. The van der Waals surface area contributed by atoms with Crippen molar-refractivity contribution in [1.82, 2.24) is 0 Å². The zero-order chi connectivity index (χ0) is 12.5. The molecule has 1 saturated carbocycles. The van der Waals surface area contributed by atoms with Gasteiger partial charge in [0, 0.05) is 22.5 Å². The number of rotatable bonds is 3. The van der Waals surface area contributed by atoms with Gasteiger partial charge in [-0.1, -0.05) is 24.4 Å². The number of hydrogen-bond donors (Lipinski definition) is 2. The molecule has 2 rings (SSSR count). The van der Waals surface area contributed by atoms with Crippen molar-refractivity contribution in [2.24, 2.45) is 11.1 Å². The predicted molar refractivity (Wildman–Crippen MR) is 66.3 cm³/mol. The average molecular weight is 258 g/mol. The molecular weight excluding hydrogens is 241 g/mol. The van der Waals surface area contributed by atoms with Crippen LogP contribution in [-0.4, -0.2) is 11.7 Å². The fourth-order valence-electron chi connectivity index (χ4n) is 2.72. The number of nitrogens with two attached hydrogens (primary N) is 1. The van der Waals surface area contributed by atoms with Gasteiger partial charge in [-0.05, 0) is 31.0 Å². The lowest BCUT2D eigenvalue weighted by molar-refractivity contribution is 0.0306. The Morgan fingerprint density at radius 2 is 2.06 bits per heavy atom. The topological polar surface area (TPSA) is 46.2 Å². The van der Waals surface area contributed by atoms with Crippen LogP contribution in [0.3, 0.4) is 0 Å². The molecule has 4 heteroatoms. The molecule has 2 nitrogen and oxygen atoms in total. The van der Waals surface area contributed by atoms with Crippen LogP contribution in [0.4, 0.5) is 4.39 Å². The lowest BCUT2D eigenvalue weighted by Gasteiger charge is -2.33. The highest BCUT2D eigenvalue weighted by Crippen LogP contribution is 2.47. The van der Waals surface area contributed by atoms with Crippen molar-refractivity contribution in [3.05, 3.63) is 34.6 Å². The van der Waals surface area contributed by atoms with E-state index in [1.165, 1.54) is 18.2 Å².